The highest BCUT2D eigenvalue weighted by Gasteiger charge is 2.22. The first-order chi connectivity index (χ1) is 14.0. The van der Waals surface area contributed by atoms with Crippen molar-refractivity contribution in [2.45, 2.75) is 32.5 Å². The number of fused-ring (bicyclic) bond motifs is 2. The van der Waals surface area contributed by atoms with Gasteiger partial charge in [-0.25, -0.2) is 4.79 Å². The third-order valence-corrected chi connectivity index (χ3v) is 5.79. The second kappa shape index (κ2) is 8.26. The van der Waals surface area contributed by atoms with Crippen LogP contribution in [0.25, 0.3) is 10.8 Å². The third kappa shape index (κ3) is 4.43. The molecule has 0 aliphatic carbocycles. The lowest BCUT2D eigenvalue weighted by Gasteiger charge is -2.32. The molecule has 1 aliphatic heterocycles. The Bertz CT molecular complexity index is 1030. The van der Waals surface area contributed by atoms with E-state index < -0.39 is 0 Å². The summed E-state index contributed by atoms with van der Waals surface area (Å²) >= 11 is 0. The van der Waals surface area contributed by atoms with E-state index in [0.29, 0.717) is 13.1 Å². The van der Waals surface area contributed by atoms with Crippen molar-refractivity contribution in [3.05, 3.63) is 82.9 Å². The smallest absolute Gasteiger partial charge is 0.319 e. The van der Waals surface area contributed by atoms with Crippen LogP contribution in [-0.4, -0.2) is 42.5 Å². The number of benzene rings is 3. The molecule has 4 nitrogen and oxygen atoms in total. The first-order valence-electron chi connectivity index (χ1n) is 10.3. The fourth-order valence-electron chi connectivity index (χ4n) is 4.20. The Morgan fingerprint density at radius 1 is 0.966 bits per heavy atom. The Morgan fingerprint density at radius 2 is 1.69 bits per heavy atom. The van der Waals surface area contributed by atoms with Gasteiger partial charge in [0.1, 0.15) is 0 Å². The van der Waals surface area contributed by atoms with Crippen LogP contribution >= 0.6 is 0 Å². The molecule has 3 aromatic carbocycles. The summed E-state index contributed by atoms with van der Waals surface area (Å²) in [5.41, 5.74) is 5.16. The van der Waals surface area contributed by atoms with Gasteiger partial charge in [0, 0.05) is 39.8 Å². The minimum atomic E-state index is 0.0506. The molecule has 1 atom stereocenters. The topological polar surface area (TPSA) is 35.6 Å². The monoisotopic (exact) mass is 387 g/mol. The standard InChI is InChI=1S/C25H29N3O/c1-18-8-10-22-13-19(9-11-21(22)12-18)16-27(2)25(29)28(3)17-24-14-20-6-4-5-7-23(20)15-26-24/h4-13,24,26H,14-17H2,1-3H3. The molecule has 2 amide bonds. The first-order valence-corrected chi connectivity index (χ1v) is 10.3. The maximum atomic E-state index is 12.9. The molecule has 0 radical (unpaired) electrons. The fraction of sp³-hybridized carbons (Fsp3) is 0.320. The van der Waals surface area contributed by atoms with Gasteiger partial charge < -0.3 is 15.1 Å². The van der Waals surface area contributed by atoms with Crippen molar-refractivity contribution in [3.8, 4) is 0 Å². The van der Waals surface area contributed by atoms with Crippen LogP contribution in [0.4, 0.5) is 4.79 Å². The summed E-state index contributed by atoms with van der Waals surface area (Å²) in [6, 6.07) is 21.8. The number of amides is 2. The van der Waals surface area contributed by atoms with Crippen LogP contribution in [0.5, 0.6) is 0 Å². The SMILES string of the molecule is Cc1ccc2cc(CN(C)C(=O)N(C)CC3Cc4ccccc4CN3)ccc2c1. The molecule has 0 saturated heterocycles. The predicted octanol–water partition coefficient (Wildman–Crippen LogP) is 4.35. The zero-order valence-corrected chi connectivity index (χ0v) is 17.5. The molecule has 4 rings (SSSR count). The molecule has 0 saturated carbocycles. The summed E-state index contributed by atoms with van der Waals surface area (Å²) in [5, 5.41) is 6.02. The lowest BCUT2D eigenvalue weighted by Crippen LogP contribution is -2.48. The average molecular weight is 388 g/mol. The van der Waals surface area contributed by atoms with Crippen molar-refractivity contribution in [3.63, 3.8) is 0 Å². The van der Waals surface area contributed by atoms with Crippen LogP contribution in [0, 0.1) is 6.92 Å². The van der Waals surface area contributed by atoms with Crippen molar-refractivity contribution in [2.75, 3.05) is 20.6 Å². The summed E-state index contributed by atoms with van der Waals surface area (Å²) in [6.07, 6.45) is 0.960. The number of hydrogen-bond acceptors (Lipinski definition) is 2. The van der Waals surface area contributed by atoms with E-state index in [4.69, 9.17) is 0 Å². The van der Waals surface area contributed by atoms with Crippen molar-refractivity contribution < 1.29 is 4.79 Å². The average Bonchev–Trinajstić information content (AvgIpc) is 2.73. The lowest BCUT2D eigenvalue weighted by molar-refractivity contribution is 0.165. The van der Waals surface area contributed by atoms with Crippen molar-refractivity contribution in [1.29, 1.82) is 0 Å². The fourth-order valence-corrected chi connectivity index (χ4v) is 4.20. The molecule has 1 heterocycles. The Kier molecular flexibility index (Phi) is 5.54. The number of carbonyl (C=O) groups excluding carboxylic acids is 1. The zero-order chi connectivity index (χ0) is 20.4. The number of likely N-dealkylation sites (N-methyl/N-ethyl adjacent to an activating group) is 1. The molecule has 1 unspecified atom stereocenters. The second-order valence-corrected chi connectivity index (χ2v) is 8.25. The van der Waals surface area contributed by atoms with Gasteiger partial charge in [0.25, 0.3) is 0 Å². The molecule has 0 aromatic heterocycles. The molecule has 1 N–H and O–H groups in total. The number of urea groups is 1. The van der Waals surface area contributed by atoms with Crippen molar-refractivity contribution >= 4 is 16.8 Å². The van der Waals surface area contributed by atoms with Gasteiger partial charge in [-0.1, -0.05) is 60.2 Å². The number of hydrogen-bond donors (Lipinski definition) is 1. The number of nitrogens with zero attached hydrogens (tertiary/aromatic N) is 2. The Hall–Kier alpha value is -2.85. The zero-order valence-electron chi connectivity index (χ0n) is 17.5. The van der Waals surface area contributed by atoms with E-state index >= 15 is 0 Å². The Balaban J connectivity index is 1.37. The highest BCUT2D eigenvalue weighted by Crippen LogP contribution is 2.19. The summed E-state index contributed by atoms with van der Waals surface area (Å²) in [4.78, 5) is 16.5. The minimum Gasteiger partial charge on any atom is -0.326 e. The van der Waals surface area contributed by atoms with Gasteiger partial charge in [-0.15, -0.1) is 0 Å². The lowest BCUT2D eigenvalue weighted by atomic mass is 9.96. The molecule has 0 bridgehead atoms. The first kappa shape index (κ1) is 19.5. The van der Waals surface area contributed by atoms with Crippen LogP contribution in [0.15, 0.2) is 60.7 Å². The van der Waals surface area contributed by atoms with E-state index in [1.54, 1.807) is 4.90 Å². The summed E-state index contributed by atoms with van der Waals surface area (Å²) in [7, 11) is 3.77. The van der Waals surface area contributed by atoms with Gasteiger partial charge in [-0.3, -0.25) is 0 Å². The largest absolute Gasteiger partial charge is 0.326 e. The third-order valence-electron chi connectivity index (χ3n) is 5.79. The maximum Gasteiger partial charge on any atom is 0.319 e. The number of carbonyl (C=O) groups is 1. The predicted molar refractivity (Wildman–Crippen MR) is 119 cm³/mol. The van der Waals surface area contributed by atoms with Gasteiger partial charge in [0.15, 0.2) is 0 Å². The van der Waals surface area contributed by atoms with E-state index in [-0.39, 0.29) is 12.1 Å². The summed E-state index contributed by atoms with van der Waals surface area (Å²) in [5.74, 6) is 0. The van der Waals surface area contributed by atoms with E-state index in [1.807, 2.05) is 19.0 Å². The Morgan fingerprint density at radius 3 is 2.52 bits per heavy atom. The van der Waals surface area contributed by atoms with Crippen LogP contribution in [0.2, 0.25) is 0 Å². The van der Waals surface area contributed by atoms with E-state index in [2.05, 4.69) is 72.9 Å². The summed E-state index contributed by atoms with van der Waals surface area (Å²) < 4.78 is 0. The molecule has 29 heavy (non-hydrogen) atoms. The molecular weight excluding hydrogens is 358 g/mol. The molecule has 0 fully saturated rings. The molecule has 0 spiro atoms. The second-order valence-electron chi connectivity index (χ2n) is 8.25. The van der Waals surface area contributed by atoms with Crippen LogP contribution in [0.3, 0.4) is 0 Å². The van der Waals surface area contributed by atoms with Crippen LogP contribution in [-0.2, 0) is 19.5 Å². The van der Waals surface area contributed by atoms with Gasteiger partial charge in [-0.05, 0) is 46.9 Å². The van der Waals surface area contributed by atoms with Crippen molar-refractivity contribution in [2.24, 2.45) is 0 Å². The van der Waals surface area contributed by atoms with Crippen molar-refractivity contribution in [1.82, 2.24) is 15.1 Å². The maximum absolute atomic E-state index is 12.9. The van der Waals surface area contributed by atoms with Crippen LogP contribution < -0.4 is 5.32 Å². The van der Waals surface area contributed by atoms with E-state index in [1.165, 1.54) is 27.5 Å². The molecule has 4 heteroatoms. The van der Waals surface area contributed by atoms with E-state index in [0.717, 1.165) is 18.5 Å². The molecule has 3 aromatic rings. The molecular formula is C25H29N3O. The molecule has 1 aliphatic rings. The van der Waals surface area contributed by atoms with E-state index in [9.17, 15) is 4.79 Å². The highest BCUT2D eigenvalue weighted by atomic mass is 16.2. The quantitative estimate of drug-likeness (QED) is 0.723. The Labute approximate surface area is 173 Å². The normalized spacial score (nSPS) is 15.8. The highest BCUT2D eigenvalue weighted by molar-refractivity contribution is 5.84. The molecule has 150 valence electrons. The van der Waals surface area contributed by atoms with Gasteiger partial charge in [0.05, 0.1) is 0 Å². The van der Waals surface area contributed by atoms with Gasteiger partial charge >= 0.3 is 6.03 Å². The summed E-state index contributed by atoms with van der Waals surface area (Å²) in [6.45, 7) is 4.28. The van der Waals surface area contributed by atoms with Gasteiger partial charge in [0.2, 0.25) is 0 Å². The van der Waals surface area contributed by atoms with Gasteiger partial charge in [-0.2, -0.15) is 0 Å². The number of aryl methyl sites for hydroxylation is 1. The van der Waals surface area contributed by atoms with Crippen LogP contribution in [0.1, 0.15) is 22.3 Å². The number of nitrogens with one attached hydrogen (secondary N) is 1. The minimum absolute atomic E-state index is 0.0506. The number of rotatable bonds is 4.